The van der Waals surface area contributed by atoms with Crippen molar-refractivity contribution in [2.24, 2.45) is 5.73 Å². The zero-order valence-corrected chi connectivity index (χ0v) is 23.6. The van der Waals surface area contributed by atoms with Crippen LogP contribution in [0.15, 0.2) is 72.8 Å². The van der Waals surface area contributed by atoms with Crippen LogP contribution in [0.3, 0.4) is 0 Å². The monoisotopic (exact) mass is 561 g/mol. The lowest BCUT2D eigenvalue weighted by Gasteiger charge is -2.36. The number of nitrogens with two attached hydrogens (primary N) is 1. The molecule has 4 amide bonds. The van der Waals surface area contributed by atoms with Crippen molar-refractivity contribution in [3.8, 4) is 0 Å². The van der Waals surface area contributed by atoms with Crippen molar-refractivity contribution < 1.29 is 29.0 Å². The van der Waals surface area contributed by atoms with E-state index in [9.17, 15) is 14.7 Å². The molecule has 0 spiro atoms. The van der Waals surface area contributed by atoms with Crippen LogP contribution < -0.4 is 20.9 Å². The van der Waals surface area contributed by atoms with Gasteiger partial charge in [0.1, 0.15) is 12.2 Å². The minimum absolute atomic E-state index is 0.0435. The van der Waals surface area contributed by atoms with Crippen LogP contribution in [0.4, 0.5) is 16.2 Å². The largest absolute Gasteiger partial charge is 0.392 e. The van der Waals surface area contributed by atoms with Crippen LogP contribution in [0.5, 0.6) is 0 Å². The molecule has 1 aliphatic heterocycles. The highest BCUT2D eigenvalue weighted by Gasteiger charge is 2.65. The number of para-hydroxylation sites is 1. The van der Waals surface area contributed by atoms with Crippen LogP contribution in [0.1, 0.15) is 36.1 Å². The summed E-state index contributed by atoms with van der Waals surface area (Å²) in [6.07, 6.45) is -0.824. The summed E-state index contributed by atoms with van der Waals surface area (Å²) in [7, 11) is 0. The summed E-state index contributed by atoms with van der Waals surface area (Å²) in [6.45, 7) is 5.61. The van der Waals surface area contributed by atoms with Crippen molar-refractivity contribution in [2.45, 2.75) is 39.2 Å². The van der Waals surface area contributed by atoms with Gasteiger partial charge in [-0.3, -0.25) is 4.79 Å². The molecule has 3 aromatic carbocycles. The summed E-state index contributed by atoms with van der Waals surface area (Å²) >= 11 is 0. The average molecular weight is 562 g/mol. The van der Waals surface area contributed by atoms with Crippen LogP contribution in [0, 0.1) is 6.92 Å². The van der Waals surface area contributed by atoms with E-state index >= 15 is 4.79 Å². The fourth-order valence-electron chi connectivity index (χ4n) is 5.46. The first kappa shape index (κ1) is 29.9. The van der Waals surface area contributed by atoms with Crippen LogP contribution in [0.2, 0.25) is 0 Å². The molecule has 4 rings (SSSR count). The molecule has 5 N–H and O–H groups in total. The number of anilines is 1. The SMILES string of the molecule is CCOC(C[N+]1(CC(N)=O)C(=O)[C@@](NC(=O)Nc2ccc(C)cc2)(c2ccc(CO)cc2)c2ccccc21)OCC. The Morgan fingerprint density at radius 1 is 0.976 bits per heavy atom. The van der Waals surface area contributed by atoms with E-state index < -0.39 is 34.2 Å². The summed E-state index contributed by atoms with van der Waals surface area (Å²) in [5, 5.41) is 15.4. The van der Waals surface area contributed by atoms with Gasteiger partial charge in [-0.05, 0) is 50.1 Å². The minimum atomic E-state index is -1.71. The second-order valence-electron chi connectivity index (χ2n) is 9.99. The molecule has 10 heteroatoms. The molecule has 0 saturated carbocycles. The summed E-state index contributed by atoms with van der Waals surface area (Å²) in [5.41, 5.74) is 7.72. The van der Waals surface area contributed by atoms with Crippen molar-refractivity contribution in [3.63, 3.8) is 0 Å². The highest BCUT2D eigenvalue weighted by molar-refractivity contribution is 6.11. The van der Waals surface area contributed by atoms with Crippen molar-refractivity contribution in [3.05, 3.63) is 95.1 Å². The number of aliphatic hydroxyl groups excluding tert-OH is 1. The van der Waals surface area contributed by atoms with Crippen molar-refractivity contribution in [1.29, 1.82) is 0 Å². The summed E-state index contributed by atoms with van der Waals surface area (Å²) in [6, 6.07) is 20.5. The number of urea groups is 1. The molecule has 41 heavy (non-hydrogen) atoms. The number of carbonyl (C=O) groups excluding carboxylic acids is 3. The van der Waals surface area contributed by atoms with Crippen LogP contribution in [-0.2, 0) is 31.2 Å². The van der Waals surface area contributed by atoms with Gasteiger partial charge in [-0.25, -0.2) is 14.1 Å². The molecular formula is C31H37N4O6+. The number of fused-ring (bicyclic) bond motifs is 1. The fourth-order valence-corrected chi connectivity index (χ4v) is 5.46. The molecule has 2 atom stereocenters. The van der Waals surface area contributed by atoms with Gasteiger partial charge < -0.3 is 30.9 Å². The van der Waals surface area contributed by atoms with Gasteiger partial charge in [-0.1, -0.05) is 54.1 Å². The lowest BCUT2D eigenvalue weighted by atomic mass is 9.83. The van der Waals surface area contributed by atoms with Gasteiger partial charge in [0.2, 0.25) is 11.8 Å². The summed E-state index contributed by atoms with van der Waals surface area (Å²) in [5.74, 6) is -1.19. The van der Waals surface area contributed by atoms with Gasteiger partial charge in [0, 0.05) is 25.0 Å². The number of nitrogens with zero attached hydrogens (tertiary/aromatic N) is 1. The summed E-state index contributed by atoms with van der Waals surface area (Å²) < 4.78 is 11.1. The molecule has 1 unspecified atom stereocenters. The van der Waals surface area contributed by atoms with E-state index in [-0.39, 0.29) is 19.7 Å². The van der Waals surface area contributed by atoms with E-state index in [0.29, 0.717) is 41.3 Å². The molecular weight excluding hydrogens is 524 g/mol. The smallest absolute Gasteiger partial charge is 0.354 e. The van der Waals surface area contributed by atoms with Crippen LogP contribution in [0.25, 0.3) is 0 Å². The normalized spacial score (nSPS) is 19.7. The molecule has 216 valence electrons. The van der Waals surface area contributed by atoms with Crippen molar-refractivity contribution >= 4 is 29.2 Å². The molecule has 0 aliphatic carbocycles. The molecule has 0 saturated heterocycles. The topological polar surface area (TPSA) is 140 Å². The molecule has 0 aromatic heterocycles. The van der Waals surface area contributed by atoms with E-state index in [1.54, 1.807) is 60.7 Å². The quantitative estimate of drug-likeness (QED) is 0.198. The van der Waals surface area contributed by atoms with Gasteiger partial charge in [0.15, 0.2) is 6.54 Å². The zero-order valence-electron chi connectivity index (χ0n) is 23.6. The number of carbonyl (C=O) groups is 3. The molecule has 0 fully saturated rings. The standard InChI is InChI=1S/C31H36N4O6/c1-4-40-28(41-5-2)19-35(18-27(32)37)26-9-7-6-8-25(26)31(29(35)38,23-14-12-22(20-36)13-15-23)34-30(39)33-24-16-10-21(3)11-17-24/h6-17,28,36H,4-5,18-20H2,1-3H3,(H3-,32,33,34,37,39)/p+1/t31-,35?/m1/s1. The number of primary amides is 1. The van der Waals surface area contributed by atoms with Gasteiger partial charge in [0.05, 0.1) is 12.2 Å². The van der Waals surface area contributed by atoms with Crippen LogP contribution in [-0.4, -0.2) is 55.5 Å². The number of rotatable bonds is 12. The number of quaternary nitrogens is 1. The number of amides is 4. The first-order valence-electron chi connectivity index (χ1n) is 13.6. The van der Waals surface area contributed by atoms with Crippen LogP contribution >= 0.6 is 0 Å². The maximum Gasteiger partial charge on any atom is 0.354 e. The van der Waals surface area contributed by atoms with E-state index in [2.05, 4.69) is 10.6 Å². The lowest BCUT2D eigenvalue weighted by molar-refractivity contribution is -0.159. The number of hydrogen-bond donors (Lipinski definition) is 4. The molecule has 1 aliphatic rings. The molecule has 10 nitrogen and oxygen atoms in total. The van der Waals surface area contributed by atoms with E-state index in [4.69, 9.17) is 15.2 Å². The Hall–Kier alpha value is -4.09. The van der Waals surface area contributed by atoms with Crippen molar-refractivity contribution in [1.82, 2.24) is 9.80 Å². The van der Waals surface area contributed by atoms with Crippen molar-refractivity contribution in [2.75, 3.05) is 31.6 Å². The maximum atomic E-state index is 15.0. The first-order chi connectivity index (χ1) is 19.7. The Bertz CT molecular complexity index is 1390. The number of hydrogen-bond acceptors (Lipinski definition) is 6. The average Bonchev–Trinajstić information content (AvgIpc) is 3.14. The Balaban J connectivity index is 1.91. The van der Waals surface area contributed by atoms with Gasteiger partial charge in [0.25, 0.3) is 5.91 Å². The van der Waals surface area contributed by atoms with E-state index in [1.807, 2.05) is 32.9 Å². The third kappa shape index (κ3) is 5.86. The van der Waals surface area contributed by atoms with Gasteiger partial charge in [-0.15, -0.1) is 0 Å². The number of nitrogens with one attached hydrogen (secondary N) is 2. The number of aryl methyl sites for hydroxylation is 1. The lowest BCUT2D eigenvalue weighted by Crippen LogP contribution is -2.66. The molecule has 3 aromatic rings. The third-order valence-corrected chi connectivity index (χ3v) is 7.25. The fraction of sp³-hybridized carbons (Fsp3) is 0.323. The predicted octanol–water partition coefficient (Wildman–Crippen LogP) is 3.28. The third-order valence-electron chi connectivity index (χ3n) is 7.25. The second kappa shape index (κ2) is 12.6. The Kier molecular flexibility index (Phi) is 9.19. The molecule has 0 bridgehead atoms. The molecule has 1 heterocycles. The van der Waals surface area contributed by atoms with Gasteiger partial charge in [-0.2, -0.15) is 0 Å². The van der Waals surface area contributed by atoms with E-state index in [0.717, 1.165) is 5.56 Å². The first-order valence-corrected chi connectivity index (χ1v) is 13.6. The molecule has 0 radical (unpaired) electrons. The number of aliphatic hydroxyl groups is 1. The Morgan fingerprint density at radius 3 is 2.20 bits per heavy atom. The predicted molar refractivity (Wildman–Crippen MR) is 156 cm³/mol. The maximum absolute atomic E-state index is 15.0. The number of benzene rings is 3. The highest BCUT2D eigenvalue weighted by atomic mass is 16.7. The highest BCUT2D eigenvalue weighted by Crippen LogP contribution is 2.49. The van der Waals surface area contributed by atoms with Gasteiger partial charge >= 0.3 is 11.9 Å². The summed E-state index contributed by atoms with van der Waals surface area (Å²) in [4.78, 5) is 41.2. The Morgan fingerprint density at radius 2 is 1.61 bits per heavy atom. The Labute approximate surface area is 239 Å². The number of ether oxygens (including phenoxy) is 2. The minimum Gasteiger partial charge on any atom is -0.392 e. The second-order valence-corrected chi connectivity index (χ2v) is 9.99. The van der Waals surface area contributed by atoms with E-state index in [1.165, 1.54) is 0 Å². The zero-order chi connectivity index (χ0) is 29.6.